The number of hydrogen-bond donors (Lipinski definition) is 2. The summed E-state index contributed by atoms with van der Waals surface area (Å²) in [5.74, 6) is -0.864. The number of aliphatic carboxylic acids is 1. The van der Waals surface area contributed by atoms with E-state index in [2.05, 4.69) is 21.2 Å². The Morgan fingerprint density at radius 2 is 2.00 bits per heavy atom. The topological polar surface area (TPSA) is 66.4 Å². The number of rotatable bonds is 5. The summed E-state index contributed by atoms with van der Waals surface area (Å²) >= 11 is 3.22. The molecule has 0 aromatic heterocycles. The highest BCUT2D eigenvalue weighted by Gasteiger charge is 2.17. The normalized spacial score (nSPS) is 12.6. The van der Waals surface area contributed by atoms with Gasteiger partial charge in [0.1, 0.15) is 0 Å². The average molecular weight is 252 g/mol. The quantitative estimate of drug-likeness (QED) is 0.717. The third kappa shape index (κ3) is 5.63. The van der Waals surface area contributed by atoms with E-state index < -0.39 is 5.97 Å². The van der Waals surface area contributed by atoms with Gasteiger partial charge in [-0.25, -0.2) is 0 Å². The van der Waals surface area contributed by atoms with Crippen LogP contribution >= 0.6 is 15.9 Å². The summed E-state index contributed by atoms with van der Waals surface area (Å²) in [6.07, 6.45) is -0.0381. The molecule has 13 heavy (non-hydrogen) atoms. The van der Waals surface area contributed by atoms with Gasteiger partial charge in [-0.05, 0) is 5.92 Å². The Labute approximate surface area is 85.8 Å². The second-order valence-electron chi connectivity index (χ2n) is 3.08. The van der Waals surface area contributed by atoms with E-state index in [9.17, 15) is 9.59 Å². The fraction of sp³-hybridized carbons (Fsp3) is 0.750. The van der Waals surface area contributed by atoms with Crippen molar-refractivity contribution in [1.29, 1.82) is 0 Å². The number of amides is 1. The van der Waals surface area contributed by atoms with Crippen molar-refractivity contribution in [2.75, 3.05) is 6.54 Å². The third-order valence-electron chi connectivity index (χ3n) is 1.47. The summed E-state index contributed by atoms with van der Waals surface area (Å²) in [7, 11) is 0. The molecule has 0 fully saturated rings. The average Bonchev–Trinajstić information content (AvgIpc) is 2.02. The highest BCUT2D eigenvalue weighted by molar-refractivity contribution is 9.10. The number of carboxylic acids is 1. The number of carbonyl (C=O) groups is 2. The molecular formula is C8H14BrNO3. The molecule has 0 spiro atoms. The smallest absolute Gasteiger partial charge is 0.305 e. The molecule has 0 radical (unpaired) electrons. The Balaban J connectivity index is 3.68. The Kier molecular flexibility index (Phi) is 5.70. The van der Waals surface area contributed by atoms with Crippen molar-refractivity contribution in [2.24, 2.45) is 5.92 Å². The van der Waals surface area contributed by atoms with Crippen LogP contribution in [0.4, 0.5) is 0 Å². The molecule has 4 nitrogen and oxygen atoms in total. The first-order chi connectivity index (χ1) is 5.95. The van der Waals surface area contributed by atoms with Crippen LogP contribution < -0.4 is 5.32 Å². The van der Waals surface area contributed by atoms with Gasteiger partial charge in [0.2, 0.25) is 5.91 Å². The van der Waals surface area contributed by atoms with Crippen LogP contribution in [-0.2, 0) is 9.59 Å². The molecule has 1 atom stereocenters. The van der Waals surface area contributed by atoms with E-state index in [-0.39, 0.29) is 29.6 Å². The highest BCUT2D eigenvalue weighted by atomic mass is 79.9. The lowest BCUT2D eigenvalue weighted by molar-refractivity contribution is -0.136. The van der Waals surface area contributed by atoms with Gasteiger partial charge < -0.3 is 10.4 Å². The summed E-state index contributed by atoms with van der Waals surface area (Å²) in [6, 6.07) is 0. The fourth-order valence-corrected chi connectivity index (χ4v) is 0.855. The SMILES string of the molecule is CC(C)C(Br)C(=O)NCCC(=O)O. The second-order valence-corrected chi connectivity index (χ2v) is 4.07. The maximum Gasteiger partial charge on any atom is 0.305 e. The highest BCUT2D eigenvalue weighted by Crippen LogP contribution is 2.11. The standard InChI is InChI=1S/C8H14BrNO3/c1-5(2)7(9)8(13)10-4-3-6(11)12/h5,7H,3-4H2,1-2H3,(H,10,13)(H,11,12). The third-order valence-corrected chi connectivity index (χ3v) is 2.95. The molecule has 0 aliphatic rings. The summed E-state index contributed by atoms with van der Waals surface area (Å²) in [4.78, 5) is 21.1. The van der Waals surface area contributed by atoms with E-state index in [4.69, 9.17) is 5.11 Å². The molecule has 0 saturated carbocycles. The maximum absolute atomic E-state index is 11.2. The molecule has 0 heterocycles. The van der Waals surface area contributed by atoms with Crippen LogP contribution in [0.3, 0.4) is 0 Å². The van der Waals surface area contributed by atoms with E-state index in [1.807, 2.05) is 13.8 Å². The van der Waals surface area contributed by atoms with Gasteiger partial charge in [-0.15, -0.1) is 0 Å². The molecule has 76 valence electrons. The molecule has 0 aliphatic heterocycles. The maximum atomic E-state index is 11.2. The number of alkyl halides is 1. The molecule has 2 N–H and O–H groups in total. The second kappa shape index (κ2) is 5.96. The number of halogens is 1. The van der Waals surface area contributed by atoms with Gasteiger partial charge >= 0.3 is 5.97 Å². The number of hydrogen-bond acceptors (Lipinski definition) is 2. The molecule has 1 amide bonds. The zero-order chi connectivity index (χ0) is 10.4. The largest absolute Gasteiger partial charge is 0.481 e. The summed E-state index contributed by atoms with van der Waals surface area (Å²) in [5, 5.41) is 10.8. The Bertz CT molecular complexity index is 194. The lowest BCUT2D eigenvalue weighted by Crippen LogP contribution is -2.35. The lowest BCUT2D eigenvalue weighted by Gasteiger charge is -2.12. The molecule has 0 bridgehead atoms. The van der Waals surface area contributed by atoms with Gasteiger partial charge in [0.15, 0.2) is 0 Å². The van der Waals surface area contributed by atoms with Gasteiger partial charge in [0.05, 0.1) is 11.2 Å². The fourth-order valence-electron chi connectivity index (χ4n) is 0.693. The molecule has 5 heteroatoms. The summed E-state index contributed by atoms with van der Waals surface area (Å²) in [5.41, 5.74) is 0. The van der Waals surface area contributed by atoms with Crippen LogP contribution in [0.5, 0.6) is 0 Å². The van der Waals surface area contributed by atoms with Crippen LogP contribution in [0, 0.1) is 5.92 Å². The molecule has 0 rings (SSSR count). The van der Waals surface area contributed by atoms with E-state index >= 15 is 0 Å². The monoisotopic (exact) mass is 251 g/mol. The first kappa shape index (κ1) is 12.4. The van der Waals surface area contributed by atoms with Crippen LogP contribution in [-0.4, -0.2) is 28.4 Å². The van der Waals surface area contributed by atoms with Gasteiger partial charge in [0, 0.05) is 6.54 Å². The van der Waals surface area contributed by atoms with E-state index in [0.29, 0.717) is 0 Å². The molecule has 0 saturated heterocycles. The number of nitrogens with one attached hydrogen (secondary N) is 1. The number of carbonyl (C=O) groups excluding carboxylic acids is 1. The zero-order valence-electron chi connectivity index (χ0n) is 7.71. The van der Waals surface area contributed by atoms with Crippen molar-refractivity contribution < 1.29 is 14.7 Å². The Hall–Kier alpha value is -0.580. The van der Waals surface area contributed by atoms with E-state index in [1.54, 1.807) is 0 Å². The van der Waals surface area contributed by atoms with Crippen LogP contribution in [0.25, 0.3) is 0 Å². The van der Waals surface area contributed by atoms with Crippen molar-refractivity contribution in [2.45, 2.75) is 25.1 Å². The molecular weight excluding hydrogens is 238 g/mol. The lowest BCUT2D eigenvalue weighted by atomic mass is 10.1. The van der Waals surface area contributed by atoms with Gasteiger partial charge in [-0.3, -0.25) is 9.59 Å². The van der Waals surface area contributed by atoms with Crippen LogP contribution in [0.15, 0.2) is 0 Å². The van der Waals surface area contributed by atoms with Gasteiger partial charge in [0.25, 0.3) is 0 Å². The van der Waals surface area contributed by atoms with Crippen molar-refractivity contribution in [3.05, 3.63) is 0 Å². The van der Waals surface area contributed by atoms with E-state index in [0.717, 1.165) is 0 Å². The predicted octanol–water partition coefficient (Wildman–Crippen LogP) is 0.997. The first-order valence-electron chi connectivity index (χ1n) is 4.08. The zero-order valence-corrected chi connectivity index (χ0v) is 9.30. The van der Waals surface area contributed by atoms with Crippen molar-refractivity contribution in [1.82, 2.24) is 5.32 Å². The van der Waals surface area contributed by atoms with Crippen LogP contribution in [0.2, 0.25) is 0 Å². The van der Waals surface area contributed by atoms with Gasteiger partial charge in [-0.2, -0.15) is 0 Å². The minimum absolute atomic E-state index is 0.0381. The van der Waals surface area contributed by atoms with Crippen molar-refractivity contribution in [3.8, 4) is 0 Å². The first-order valence-corrected chi connectivity index (χ1v) is 5.00. The molecule has 0 aliphatic carbocycles. The predicted molar refractivity (Wildman–Crippen MR) is 52.8 cm³/mol. The van der Waals surface area contributed by atoms with Crippen molar-refractivity contribution >= 4 is 27.8 Å². The molecule has 1 unspecified atom stereocenters. The minimum Gasteiger partial charge on any atom is -0.481 e. The van der Waals surface area contributed by atoms with Crippen LogP contribution in [0.1, 0.15) is 20.3 Å². The summed E-state index contributed by atoms with van der Waals surface area (Å²) in [6.45, 7) is 4.01. The van der Waals surface area contributed by atoms with Gasteiger partial charge in [-0.1, -0.05) is 29.8 Å². The number of carboxylic acid groups (broad SMARTS) is 1. The Morgan fingerprint density at radius 3 is 2.38 bits per heavy atom. The molecule has 0 aromatic rings. The summed E-state index contributed by atoms with van der Waals surface area (Å²) < 4.78 is 0. The Morgan fingerprint density at radius 1 is 1.46 bits per heavy atom. The van der Waals surface area contributed by atoms with Crippen molar-refractivity contribution in [3.63, 3.8) is 0 Å². The minimum atomic E-state index is -0.907. The molecule has 0 aromatic carbocycles. The van der Waals surface area contributed by atoms with E-state index in [1.165, 1.54) is 0 Å².